The van der Waals surface area contributed by atoms with Crippen molar-refractivity contribution in [3.63, 3.8) is 0 Å². The summed E-state index contributed by atoms with van der Waals surface area (Å²) in [7, 11) is -4.16. The number of ether oxygens (including phenoxy) is 3. The standard InChI is InChI=1S/C41H40N3O11P/c1-27(29-10-4-3-5-11-29)42-38(46)41(2,43-39(47)52-25-33-22-31-12-6-9-15-36(31)55-33)23-32-24-44(35-14-8-7-13-34(32)35)40(48)54-26-53-37(45)30-18-16-28(17-19-30)20-21-56(49,50)51/h3-19,22,24,27,32H,20-21,23,25-26H2,1-2H3,(H3-,42,43,46,47,49,50,51)/p+1/t27?,32?,41-/m1/s1. The van der Waals surface area contributed by atoms with E-state index in [0.717, 1.165) is 10.9 Å². The minimum absolute atomic E-state index is 0.0139. The van der Waals surface area contributed by atoms with Crippen molar-refractivity contribution < 1.29 is 56.7 Å². The van der Waals surface area contributed by atoms with Gasteiger partial charge in [0.05, 0.1) is 23.7 Å². The molecular formula is C41H41N3O11P+. The molecule has 0 saturated heterocycles. The third-order valence-electron chi connectivity index (χ3n) is 9.35. The molecule has 1 aliphatic heterocycles. The topological polar surface area (TPSA) is 194 Å². The quantitative estimate of drug-likeness (QED) is 0.0398. The fraction of sp³-hybridized carbons (Fsp3) is 0.244. The first-order chi connectivity index (χ1) is 26.8. The molecule has 0 fully saturated rings. The highest BCUT2D eigenvalue weighted by molar-refractivity contribution is 7.51. The fourth-order valence-electron chi connectivity index (χ4n) is 6.38. The Morgan fingerprint density at radius 3 is 2.32 bits per heavy atom. The number of esters is 1. The zero-order valence-corrected chi connectivity index (χ0v) is 31.5. The first-order valence-corrected chi connectivity index (χ1v) is 19.6. The molecule has 6 rings (SSSR count). The number of alkyl carbamates (subject to hydrolysis) is 1. The highest BCUT2D eigenvalue weighted by Gasteiger charge is 2.44. The largest absolute Gasteiger partial charge is 0.605 e. The van der Waals surface area contributed by atoms with Gasteiger partial charge in [-0.3, -0.25) is 9.36 Å². The molecule has 2 heterocycles. The minimum Gasteiger partial charge on any atom is -0.457 e. The summed E-state index contributed by atoms with van der Waals surface area (Å²) in [5.74, 6) is -1.39. The molecule has 4 N–H and O–H groups in total. The van der Waals surface area contributed by atoms with Gasteiger partial charge in [0.1, 0.15) is 16.9 Å². The Balaban J connectivity index is 1.14. The van der Waals surface area contributed by atoms with Gasteiger partial charge in [0.15, 0.2) is 12.8 Å². The molecule has 0 aliphatic carbocycles. The van der Waals surface area contributed by atoms with Crippen LogP contribution in [0.2, 0.25) is 0 Å². The Kier molecular flexibility index (Phi) is 12.1. The Hall–Kier alpha value is -6.08. The highest BCUT2D eigenvalue weighted by atomic mass is 31.2. The molecule has 290 valence electrons. The van der Waals surface area contributed by atoms with Gasteiger partial charge >= 0.3 is 25.8 Å². The van der Waals surface area contributed by atoms with E-state index in [1.807, 2.05) is 55.5 Å². The van der Waals surface area contributed by atoms with Crippen LogP contribution in [0.3, 0.4) is 0 Å². The van der Waals surface area contributed by atoms with Crippen LogP contribution in [0.1, 0.15) is 65.0 Å². The van der Waals surface area contributed by atoms with E-state index in [1.54, 1.807) is 61.7 Å². The maximum Gasteiger partial charge on any atom is 0.605 e. The van der Waals surface area contributed by atoms with Crippen molar-refractivity contribution in [1.29, 1.82) is 0 Å². The number of carbonyl (C=O) groups is 4. The maximum atomic E-state index is 14.1. The normalized spacial score (nSPS) is 15.1. The first kappa shape index (κ1) is 39.6. The predicted molar refractivity (Wildman–Crippen MR) is 205 cm³/mol. The van der Waals surface area contributed by atoms with Crippen molar-refractivity contribution >= 4 is 54.5 Å². The number of nitrogens with one attached hydrogen (secondary N) is 2. The van der Waals surface area contributed by atoms with Crippen LogP contribution >= 0.6 is 7.60 Å². The SMILES string of the molecule is CC(NC(=O)[C@@](C)(CC1C=[N+](C(=O)OCOC(=O)c2ccc(CCP(=O)(O)O)cc2)c2ccccc21)NC(=O)OCc1cc2ccccc2o1)c1ccccc1. The molecule has 0 saturated carbocycles. The number of hydrogen-bond acceptors (Lipinski definition) is 9. The summed E-state index contributed by atoms with van der Waals surface area (Å²) in [5.41, 5.74) is 1.90. The second-order valence-electron chi connectivity index (χ2n) is 13.6. The molecule has 0 radical (unpaired) electrons. The van der Waals surface area contributed by atoms with Crippen LogP contribution in [0.5, 0.6) is 0 Å². The van der Waals surface area contributed by atoms with Crippen LogP contribution in [0.25, 0.3) is 11.0 Å². The van der Waals surface area contributed by atoms with Crippen molar-refractivity contribution in [2.75, 3.05) is 13.0 Å². The molecule has 2 unspecified atom stereocenters. The fourth-order valence-corrected chi connectivity index (χ4v) is 6.93. The maximum absolute atomic E-state index is 14.1. The van der Waals surface area contributed by atoms with Gasteiger partial charge in [-0.25, -0.2) is 9.59 Å². The van der Waals surface area contributed by atoms with Crippen LogP contribution in [0.15, 0.2) is 114 Å². The summed E-state index contributed by atoms with van der Waals surface area (Å²) in [6.45, 7) is 2.54. The number of amides is 3. The molecule has 4 aromatic carbocycles. The second-order valence-corrected chi connectivity index (χ2v) is 15.3. The zero-order chi connectivity index (χ0) is 39.9. The van der Waals surface area contributed by atoms with E-state index < -0.39 is 56.0 Å². The first-order valence-electron chi connectivity index (χ1n) is 17.8. The number of rotatable bonds is 14. The number of benzene rings is 4. The van der Waals surface area contributed by atoms with Crippen LogP contribution in [-0.4, -0.2) is 63.1 Å². The average Bonchev–Trinajstić information content (AvgIpc) is 3.77. The van der Waals surface area contributed by atoms with E-state index in [0.29, 0.717) is 28.2 Å². The molecule has 3 atom stereocenters. The molecule has 1 aliphatic rings. The highest BCUT2D eigenvalue weighted by Crippen LogP contribution is 2.37. The number of furan rings is 1. The molecule has 5 aromatic rings. The van der Waals surface area contributed by atoms with E-state index in [4.69, 9.17) is 28.4 Å². The van der Waals surface area contributed by atoms with Crippen LogP contribution in [0.4, 0.5) is 15.3 Å². The van der Waals surface area contributed by atoms with Gasteiger partial charge in [-0.05, 0) is 62.1 Å². The third-order valence-corrected chi connectivity index (χ3v) is 10.2. The number of para-hydroxylation sites is 2. The number of fused-ring (bicyclic) bond motifs is 2. The molecule has 1 aromatic heterocycles. The number of aryl methyl sites for hydroxylation is 1. The van der Waals surface area contributed by atoms with Gasteiger partial charge in [-0.2, -0.15) is 4.79 Å². The average molecular weight is 783 g/mol. The summed E-state index contributed by atoms with van der Waals surface area (Å²) in [4.78, 5) is 71.6. The molecule has 56 heavy (non-hydrogen) atoms. The van der Waals surface area contributed by atoms with Crippen molar-refractivity contribution in [2.45, 2.75) is 50.8 Å². The van der Waals surface area contributed by atoms with E-state index in [-0.39, 0.29) is 31.2 Å². The van der Waals surface area contributed by atoms with Gasteiger partial charge in [0, 0.05) is 17.0 Å². The van der Waals surface area contributed by atoms with Gasteiger partial charge in [0.2, 0.25) is 18.4 Å². The number of hydrogen-bond donors (Lipinski definition) is 4. The Morgan fingerprint density at radius 2 is 1.59 bits per heavy atom. The molecule has 0 bridgehead atoms. The molecule has 3 amide bonds. The lowest BCUT2D eigenvalue weighted by Gasteiger charge is -2.32. The van der Waals surface area contributed by atoms with Gasteiger partial charge < -0.3 is 39.0 Å². The van der Waals surface area contributed by atoms with E-state index >= 15 is 0 Å². The smallest absolute Gasteiger partial charge is 0.457 e. The van der Waals surface area contributed by atoms with Gasteiger partial charge in [-0.1, -0.05) is 83.4 Å². The third kappa shape index (κ3) is 9.96. The van der Waals surface area contributed by atoms with Crippen LogP contribution in [-0.2, 0) is 36.6 Å². The number of nitrogens with zero attached hydrogens (tertiary/aromatic N) is 1. The monoisotopic (exact) mass is 782 g/mol. The van der Waals surface area contributed by atoms with E-state index in [1.165, 1.54) is 16.7 Å². The minimum atomic E-state index is -4.16. The second kappa shape index (κ2) is 17.2. The molecule has 14 nitrogen and oxygen atoms in total. The summed E-state index contributed by atoms with van der Waals surface area (Å²) < 4.78 is 34.2. The van der Waals surface area contributed by atoms with Crippen molar-refractivity contribution in [1.82, 2.24) is 10.6 Å². The Morgan fingerprint density at radius 1 is 0.893 bits per heavy atom. The summed E-state index contributed by atoms with van der Waals surface area (Å²) in [6, 6.07) is 31.2. The Bertz CT molecular complexity index is 2270. The van der Waals surface area contributed by atoms with Crippen LogP contribution < -0.4 is 10.6 Å². The van der Waals surface area contributed by atoms with Gasteiger partial charge in [-0.15, -0.1) is 0 Å². The van der Waals surface area contributed by atoms with Crippen molar-refractivity contribution in [2.24, 2.45) is 0 Å². The van der Waals surface area contributed by atoms with E-state index in [9.17, 15) is 23.7 Å². The lowest BCUT2D eigenvalue weighted by Crippen LogP contribution is -2.58. The molecule has 0 spiro atoms. The lowest BCUT2D eigenvalue weighted by molar-refractivity contribution is -0.353. The lowest BCUT2D eigenvalue weighted by atomic mass is 9.85. The Labute approximate surface area is 322 Å². The predicted octanol–water partition coefficient (Wildman–Crippen LogP) is 6.87. The molecular weight excluding hydrogens is 741 g/mol. The zero-order valence-electron chi connectivity index (χ0n) is 30.6. The van der Waals surface area contributed by atoms with Crippen LogP contribution in [0, 0.1) is 0 Å². The summed E-state index contributed by atoms with van der Waals surface area (Å²) in [5, 5.41) is 6.63. The summed E-state index contributed by atoms with van der Waals surface area (Å²) in [6.07, 6.45) is -0.291. The molecule has 15 heteroatoms. The van der Waals surface area contributed by atoms with Crippen molar-refractivity contribution in [3.05, 3.63) is 137 Å². The van der Waals surface area contributed by atoms with Crippen molar-refractivity contribution in [3.8, 4) is 0 Å². The van der Waals surface area contributed by atoms with E-state index in [2.05, 4.69) is 10.6 Å². The summed E-state index contributed by atoms with van der Waals surface area (Å²) >= 11 is 0. The number of carbonyl (C=O) groups excluding carboxylic acids is 4. The van der Waals surface area contributed by atoms with Gasteiger partial charge in [0.25, 0.3) is 0 Å².